The van der Waals surface area contributed by atoms with Gasteiger partial charge in [-0.3, -0.25) is 14.4 Å². The van der Waals surface area contributed by atoms with E-state index in [2.05, 4.69) is 41.4 Å². The second-order valence-corrected chi connectivity index (χ2v) is 13.5. The third-order valence-corrected chi connectivity index (χ3v) is 9.47. The number of pyridine rings is 1. The number of aliphatic hydroxyl groups is 1. The van der Waals surface area contributed by atoms with Crippen LogP contribution in [0.3, 0.4) is 0 Å². The molecule has 3 aliphatic rings. The molecule has 258 valence electrons. The zero-order chi connectivity index (χ0) is 34.5. The summed E-state index contributed by atoms with van der Waals surface area (Å²) in [5.41, 5.74) is 1.54. The minimum Gasteiger partial charge on any atom is -0.373 e. The Morgan fingerprint density at radius 2 is 1.92 bits per heavy atom. The molecule has 0 spiro atoms. The second-order valence-electron chi connectivity index (χ2n) is 13.5. The van der Waals surface area contributed by atoms with Crippen LogP contribution in [0.1, 0.15) is 54.1 Å². The van der Waals surface area contributed by atoms with Gasteiger partial charge in [0.15, 0.2) is 5.65 Å². The van der Waals surface area contributed by atoms with Crippen LogP contribution in [0.25, 0.3) is 16.9 Å². The van der Waals surface area contributed by atoms with E-state index in [0.717, 1.165) is 24.1 Å². The summed E-state index contributed by atoms with van der Waals surface area (Å²) in [7, 11) is 3.42. The number of anilines is 1. The Hall–Kier alpha value is -4.66. The number of piperidine rings is 1. The highest BCUT2D eigenvalue weighted by Gasteiger charge is 2.48. The van der Waals surface area contributed by atoms with Crippen molar-refractivity contribution in [1.82, 2.24) is 49.0 Å². The predicted octanol–water partition coefficient (Wildman–Crippen LogP) is 2.83. The van der Waals surface area contributed by atoms with E-state index in [1.165, 1.54) is 6.07 Å². The highest BCUT2D eigenvalue weighted by molar-refractivity contribution is 5.92. The second kappa shape index (κ2) is 12.7. The molecule has 4 aromatic heterocycles. The van der Waals surface area contributed by atoms with Gasteiger partial charge in [0.25, 0.3) is 5.91 Å². The van der Waals surface area contributed by atoms with Gasteiger partial charge in [0.05, 0.1) is 30.1 Å². The molecule has 2 aliphatic heterocycles. The average molecular weight is 679 g/mol. The van der Waals surface area contributed by atoms with E-state index >= 15 is 0 Å². The Kier molecular flexibility index (Phi) is 8.49. The first kappa shape index (κ1) is 32.9. The topological polar surface area (TPSA) is 157 Å². The zero-order valence-electron chi connectivity index (χ0n) is 27.2. The molecule has 6 heterocycles. The number of hydrogen-bond donors (Lipinski definition) is 2. The molecule has 1 saturated carbocycles. The van der Waals surface area contributed by atoms with E-state index in [0.29, 0.717) is 50.6 Å². The number of alkyl halides is 3. The smallest absolute Gasteiger partial charge is 0.373 e. The first-order valence-electron chi connectivity index (χ1n) is 16.3. The van der Waals surface area contributed by atoms with Crippen LogP contribution in [0.2, 0.25) is 0 Å². The Balaban J connectivity index is 1.01. The highest BCUT2D eigenvalue weighted by Crippen LogP contribution is 2.37. The fourth-order valence-corrected chi connectivity index (χ4v) is 6.75. The van der Waals surface area contributed by atoms with Crippen LogP contribution in [0, 0.1) is 17.2 Å². The molecule has 17 heteroatoms. The SMILES string of the molecule is CN(C)Cc1cc(C(=O)N2CCC(N3CC(CC#N)(n4cc(-c5cccc6nc(NC(O)C7CC7)nn56)cn4)C3)CC2)nc(C(F)(F)F)n1. The first-order chi connectivity index (χ1) is 23.4. The van der Waals surface area contributed by atoms with Gasteiger partial charge in [-0.25, -0.2) is 14.5 Å². The maximum Gasteiger partial charge on any atom is 0.451 e. The molecule has 1 atom stereocenters. The Morgan fingerprint density at radius 1 is 1.16 bits per heavy atom. The van der Waals surface area contributed by atoms with E-state index in [-0.39, 0.29) is 36.3 Å². The number of nitrogens with zero attached hydrogens (tertiary/aromatic N) is 11. The van der Waals surface area contributed by atoms with Gasteiger partial charge in [-0.15, -0.1) is 5.10 Å². The molecule has 2 N–H and O–H groups in total. The molecule has 49 heavy (non-hydrogen) atoms. The van der Waals surface area contributed by atoms with Crippen LogP contribution in [0.15, 0.2) is 36.7 Å². The number of nitrogens with one attached hydrogen (secondary N) is 1. The number of aromatic nitrogens is 7. The van der Waals surface area contributed by atoms with Crippen molar-refractivity contribution in [3.05, 3.63) is 53.9 Å². The number of rotatable bonds is 10. The quantitative estimate of drug-likeness (QED) is 0.238. The number of amides is 1. The van der Waals surface area contributed by atoms with E-state index < -0.39 is 29.7 Å². The molecule has 4 aromatic rings. The summed E-state index contributed by atoms with van der Waals surface area (Å²) in [6, 6.07) is 9.44. The van der Waals surface area contributed by atoms with Gasteiger partial charge >= 0.3 is 6.18 Å². The summed E-state index contributed by atoms with van der Waals surface area (Å²) in [5, 5.41) is 32.3. The Morgan fingerprint density at radius 3 is 2.59 bits per heavy atom. The number of hydrogen-bond acceptors (Lipinski definition) is 11. The maximum atomic E-state index is 13.5. The Labute approximate surface area is 280 Å². The lowest BCUT2D eigenvalue weighted by Crippen LogP contribution is -2.66. The van der Waals surface area contributed by atoms with Crippen LogP contribution in [-0.4, -0.2) is 113 Å². The van der Waals surface area contributed by atoms with Crippen LogP contribution >= 0.6 is 0 Å². The van der Waals surface area contributed by atoms with Crippen molar-refractivity contribution in [1.29, 1.82) is 5.26 Å². The molecule has 7 rings (SSSR count). The summed E-state index contributed by atoms with van der Waals surface area (Å²) >= 11 is 0. The van der Waals surface area contributed by atoms with Crippen LogP contribution in [0.4, 0.5) is 19.1 Å². The number of likely N-dealkylation sites (tertiary alicyclic amines) is 2. The largest absolute Gasteiger partial charge is 0.451 e. The fraction of sp³-hybridized carbons (Fsp3) is 0.531. The molecule has 0 aromatic carbocycles. The average Bonchev–Trinajstić information content (AvgIpc) is 3.64. The van der Waals surface area contributed by atoms with Gasteiger partial charge < -0.3 is 20.2 Å². The first-order valence-corrected chi connectivity index (χ1v) is 16.3. The third-order valence-electron chi connectivity index (χ3n) is 9.47. The zero-order valence-corrected chi connectivity index (χ0v) is 27.2. The summed E-state index contributed by atoms with van der Waals surface area (Å²) < 4.78 is 44.1. The van der Waals surface area contributed by atoms with Gasteiger partial charge in [0, 0.05) is 56.4 Å². The summed E-state index contributed by atoms with van der Waals surface area (Å²) in [6.07, 6.45) is 1.70. The van der Waals surface area contributed by atoms with Crippen LogP contribution in [-0.2, 0) is 18.3 Å². The Bertz CT molecular complexity index is 1880. The number of nitriles is 1. The molecule has 0 bridgehead atoms. The van der Waals surface area contributed by atoms with Gasteiger partial charge in [-0.1, -0.05) is 6.07 Å². The van der Waals surface area contributed by atoms with Crippen molar-refractivity contribution in [2.75, 3.05) is 45.6 Å². The van der Waals surface area contributed by atoms with Gasteiger partial charge in [-0.05, 0) is 58.0 Å². The minimum absolute atomic E-state index is 0.130. The van der Waals surface area contributed by atoms with E-state index in [9.17, 15) is 28.3 Å². The number of aliphatic hydroxyl groups excluding tert-OH is 1. The lowest BCUT2D eigenvalue weighted by Gasteiger charge is -2.53. The lowest BCUT2D eigenvalue weighted by atomic mass is 9.83. The van der Waals surface area contributed by atoms with Gasteiger partial charge in [0.1, 0.15) is 17.5 Å². The van der Waals surface area contributed by atoms with E-state index in [4.69, 9.17) is 0 Å². The van der Waals surface area contributed by atoms with Gasteiger partial charge in [0.2, 0.25) is 11.8 Å². The van der Waals surface area contributed by atoms with Crippen LogP contribution < -0.4 is 5.32 Å². The molecule has 14 nitrogen and oxygen atoms in total. The van der Waals surface area contributed by atoms with Crippen molar-refractivity contribution in [2.45, 2.75) is 62.6 Å². The van der Waals surface area contributed by atoms with Crippen molar-refractivity contribution in [3.63, 3.8) is 0 Å². The monoisotopic (exact) mass is 678 g/mol. The highest BCUT2D eigenvalue weighted by atomic mass is 19.4. The molecule has 2 saturated heterocycles. The van der Waals surface area contributed by atoms with Gasteiger partial charge in [-0.2, -0.15) is 28.5 Å². The number of carbonyl (C=O) groups excluding carboxylic acids is 1. The summed E-state index contributed by atoms with van der Waals surface area (Å²) in [5.74, 6) is -1.29. The molecule has 1 amide bonds. The number of carbonyl (C=O) groups is 1. The molecule has 3 fully saturated rings. The molecular weight excluding hydrogens is 641 g/mol. The minimum atomic E-state index is -4.77. The molecule has 1 aliphatic carbocycles. The summed E-state index contributed by atoms with van der Waals surface area (Å²) in [6.45, 7) is 2.08. The number of fused-ring (bicyclic) bond motifs is 1. The predicted molar refractivity (Wildman–Crippen MR) is 170 cm³/mol. The molecule has 0 radical (unpaired) electrons. The summed E-state index contributed by atoms with van der Waals surface area (Å²) in [4.78, 5) is 30.5. The van der Waals surface area contributed by atoms with Crippen molar-refractivity contribution in [3.8, 4) is 17.3 Å². The number of halogens is 3. The third kappa shape index (κ3) is 6.67. The van der Waals surface area contributed by atoms with Crippen molar-refractivity contribution < 1.29 is 23.1 Å². The van der Waals surface area contributed by atoms with E-state index in [1.807, 2.05) is 29.1 Å². The van der Waals surface area contributed by atoms with Crippen molar-refractivity contribution in [2.24, 2.45) is 5.92 Å². The normalized spacial score (nSPS) is 19.2. The standard InChI is InChI=1S/C32H37F3N12O2/c1-43(2)17-22-14-24(39-29(38-22)32(33,34)35)28(49)44-12-8-23(9-13-44)45-18-31(19-45,10-11-36)46-16-21(15-37-46)25-4-3-5-26-40-30(42-47(25)26)41-27(48)20-6-7-20/h3-5,14-16,20,23,27,48H,6-10,12-13,17-19H2,1-2H3,(H,41,42). The molecular formula is C32H37F3N12O2. The molecule has 1 unspecified atom stereocenters. The van der Waals surface area contributed by atoms with Crippen LogP contribution in [0.5, 0.6) is 0 Å². The maximum absolute atomic E-state index is 13.5. The van der Waals surface area contributed by atoms with E-state index in [1.54, 1.807) is 34.6 Å². The fourth-order valence-electron chi connectivity index (χ4n) is 6.75. The lowest BCUT2D eigenvalue weighted by molar-refractivity contribution is -0.145. The van der Waals surface area contributed by atoms with Crippen molar-refractivity contribution >= 4 is 17.5 Å².